The number of hydrogen-bond acceptors (Lipinski definition) is 4. The third kappa shape index (κ3) is 3.61. The molecule has 0 aliphatic heterocycles. The summed E-state index contributed by atoms with van der Waals surface area (Å²) in [5, 5.41) is 7.55. The molecule has 2 aliphatic carbocycles. The number of nitrogens with one attached hydrogen (secondary N) is 2. The lowest BCUT2D eigenvalue weighted by atomic mass is 9.91. The van der Waals surface area contributed by atoms with E-state index in [1.165, 1.54) is 6.07 Å². The molecule has 0 unspecified atom stereocenters. The van der Waals surface area contributed by atoms with E-state index < -0.39 is 0 Å². The van der Waals surface area contributed by atoms with Gasteiger partial charge in [-0.3, -0.25) is 14.4 Å². The van der Waals surface area contributed by atoms with Gasteiger partial charge in [0, 0.05) is 24.1 Å². The molecule has 0 atom stereocenters. The Morgan fingerprint density at radius 2 is 1.81 bits per heavy atom. The van der Waals surface area contributed by atoms with Gasteiger partial charge in [0.2, 0.25) is 5.56 Å². The van der Waals surface area contributed by atoms with Crippen LogP contribution >= 0.6 is 0 Å². The van der Waals surface area contributed by atoms with Crippen molar-refractivity contribution in [2.45, 2.75) is 56.5 Å². The fourth-order valence-corrected chi connectivity index (χ4v) is 3.61. The quantitative estimate of drug-likeness (QED) is 0.874. The largest absolute Gasteiger partial charge is 0.348 e. The van der Waals surface area contributed by atoms with E-state index in [1.54, 1.807) is 22.9 Å². The zero-order chi connectivity index (χ0) is 18.1. The fraction of sp³-hybridized carbons (Fsp3) is 0.474. The lowest BCUT2D eigenvalue weighted by Crippen LogP contribution is -2.40. The average molecular weight is 354 g/mol. The van der Waals surface area contributed by atoms with Crippen molar-refractivity contribution in [3.63, 3.8) is 0 Å². The fourth-order valence-electron chi connectivity index (χ4n) is 3.61. The van der Waals surface area contributed by atoms with E-state index in [0.717, 1.165) is 44.2 Å². The molecule has 2 aromatic rings. The SMILES string of the molecule is O=C(NC1CCC(n2nc(C3CC3)ccc2=O)CC1)c1cccc(=O)[nH]1. The molecular weight excluding hydrogens is 332 g/mol. The molecule has 2 N–H and O–H groups in total. The maximum Gasteiger partial charge on any atom is 0.268 e. The lowest BCUT2D eigenvalue weighted by Gasteiger charge is -2.29. The van der Waals surface area contributed by atoms with Crippen molar-refractivity contribution >= 4 is 5.91 Å². The number of carbonyl (C=O) groups is 1. The molecule has 0 spiro atoms. The smallest absolute Gasteiger partial charge is 0.268 e. The van der Waals surface area contributed by atoms with Gasteiger partial charge in [-0.15, -0.1) is 0 Å². The summed E-state index contributed by atoms with van der Waals surface area (Å²) >= 11 is 0. The molecule has 4 rings (SSSR count). The van der Waals surface area contributed by atoms with E-state index in [2.05, 4.69) is 15.4 Å². The van der Waals surface area contributed by atoms with Crippen molar-refractivity contribution in [3.05, 3.63) is 62.4 Å². The Morgan fingerprint density at radius 1 is 1.04 bits per heavy atom. The van der Waals surface area contributed by atoms with E-state index in [9.17, 15) is 14.4 Å². The van der Waals surface area contributed by atoms with Crippen LogP contribution in [-0.4, -0.2) is 26.7 Å². The summed E-state index contributed by atoms with van der Waals surface area (Å²) in [4.78, 5) is 38.3. The van der Waals surface area contributed by atoms with Gasteiger partial charge in [-0.2, -0.15) is 5.10 Å². The third-order valence-corrected chi connectivity index (χ3v) is 5.23. The minimum atomic E-state index is -0.289. The molecule has 7 nitrogen and oxygen atoms in total. The van der Waals surface area contributed by atoms with Crippen LogP contribution in [-0.2, 0) is 0 Å². The Bertz CT molecular complexity index is 921. The zero-order valence-corrected chi connectivity index (χ0v) is 14.5. The molecule has 0 saturated heterocycles. The van der Waals surface area contributed by atoms with Crippen LogP contribution in [0, 0.1) is 0 Å². The molecule has 2 aromatic heterocycles. The van der Waals surface area contributed by atoms with Crippen molar-refractivity contribution in [2.75, 3.05) is 0 Å². The number of rotatable bonds is 4. The molecule has 0 aromatic carbocycles. The second-order valence-corrected chi connectivity index (χ2v) is 7.22. The monoisotopic (exact) mass is 354 g/mol. The van der Waals surface area contributed by atoms with Gasteiger partial charge in [0.25, 0.3) is 11.5 Å². The number of hydrogen-bond donors (Lipinski definition) is 2. The highest BCUT2D eigenvalue weighted by Crippen LogP contribution is 2.38. The summed E-state index contributed by atoms with van der Waals surface area (Å²) < 4.78 is 1.64. The number of aromatic amines is 1. The van der Waals surface area contributed by atoms with Crippen molar-refractivity contribution in [3.8, 4) is 0 Å². The maximum atomic E-state index is 12.2. The highest BCUT2D eigenvalue weighted by Gasteiger charge is 2.28. The topological polar surface area (TPSA) is 96.8 Å². The van der Waals surface area contributed by atoms with E-state index in [1.807, 2.05) is 6.07 Å². The summed E-state index contributed by atoms with van der Waals surface area (Å²) in [6.07, 6.45) is 5.50. The van der Waals surface area contributed by atoms with Gasteiger partial charge < -0.3 is 10.3 Å². The molecule has 1 amide bonds. The molecule has 136 valence electrons. The first-order chi connectivity index (χ1) is 12.6. The van der Waals surface area contributed by atoms with Crippen LogP contribution in [0.25, 0.3) is 0 Å². The van der Waals surface area contributed by atoms with Crippen molar-refractivity contribution < 1.29 is 4.79 Å². The number of carbonyl (C=O) groups excluding carboxylic acids is 1. The predicted molar refractivity (Wildman–Crippen MR) is 96.3 cm³/mol. The number of H-pyrrole nitrogens is 1. The lowest BCUT2D eigenvalue weighted by molar-refractivity contribution is 0.0916. The van der Waals surface area contributed by atoms with Crippen LogP contribution in [0.4, 0.5) is 0 Å². The Labute approximate surface area is 150 Å². The summed E-state index contributed by atoms with van der Waals surface area (Å²) in [5.74, 6) is 0.252. The molecule has 2 aliphatic rings. The van der Waals surface area contributed by atoms with E-state index >= 15 is 0 Å². The van der Waals surface area contributed by atoms with Crippen molar-refractivity contribution in [1.82, 2.24) is 20.1 Å². The van der Waals surface area contributed by atoms with Crippen molar-refractivity contribution in [1.29, 1.82) is 0 Å². The molecule has 0 bridgehead atoms. The Hall–Kier alpha value is -2.70. The minimum Gasteiger partial charge on any atom is -0.348 e. The zero-order valence-electron chi connectivity index (χ0n) is 14.5. The van der Waals surface area contributed by atoms with Gasteiger partial charge in [-0.1, -0.05) is 6.07 Å². The number of pyridine rings is 1. The van der Waals surface area contributed by atoms with Crippen LogP contribution < -0.4 is 16.4 Å². The summed E-state index contributed by atoms with van der Waals surface area (Å²) in [6, 6.07) is 8.15. The Kier molecular flexibility index (Phi) is 4.44. The summed E-state index contributed by atoms with van der Waals surface area (Å²) in [5.41, 5.74) is 0.953. The van der Waals surface area contributed by atoms with Gasteiger partial charge in [-0.05, 0) is 50.7 Å². The van der Waals surface area contributed by atoms with E-state index in [-0.39, 0.29) is 34.8 Å². The van der Waals surface area contributed by atoms with Crippen LogP contribution in [0.15, 0.2) is 39.9 Å². The first kappa shape index (κ1) is 16.8. The van der Waals surface area contributed by atoms with Gasteiger partial charge in [-0.25, -0.2) is 4.68 Å². The number of nitrogens with zero attached hydrogens (tertiary/aromatic N) is 2. The second-order valence-electron chi connectivity index (χ2n) is 7.22. The summed E-state index contributed by atoms with van der Waals surface area (Å²) in [7, 11) is 0. The highest BCUT2D eigenvalue weighted by molar-refractivity contribution is 5.92. The number of amides is 1. The second kappa shape index (κ2) is 6.90. The van der Waals surface area contributed by atoms with Gasteiger partial charge in [0.1, 0.15) is 5.69 Å². The van der Waals surface area contributed by atoms with Gasteiger partial charge in [0.15, 0.2) is 0 Å². The highest BCUT2D eigenvalue weighted by atomic mass is 16.2. The first-order valence-corrected chi connectivity index (χ1v) is 9.20. The third-order valence-electron chi connectivity index (χ3n) is 5.23. The summed E-state index contributed by atoms with van der Waals surface area (Å²) in [6.45, 7) is 0. The first-order valence-electron chi connectivity index (χ1n) is 9.20. The molecule has 26 heavy (non-hydrogen) atoms. The molecule has 2 heterocycles. The van der Waals surface area contributed by atoms with Crippen LogP contribution in [0.2, 0.25) is 0 Å². The molecule has 7 heteroatoms. The van der Waals surface area contributed by atoms with Gasteiger partial charge >= 0.3 is 0 Å². The Balaban J connectivity index is 1.38. The number of aromatic nitrogens is 3. The predicted octanol–water partition coefficient (Wildman–Crippen LogP) is 1.72. The molecule has 2 saturated carbocycles. The molecule has 2 fully saturated rings. The average Bonchev–Trinajstić information content (AvgIpc) is 3.48. The van der Waals surface area contributed by atoms with Crippen LogP contribution in [0.1, 0.15) is 66.7 Å². The Morgan fingerprint density at radius 3 is 2.50 bits per heavy atom. The normalized spacial score (nSPS) is 22.8. The van der Waals surface area contributed by atoms with Crippen LogP contribution in [0.3, 0.4) is 0 Å². The van der Waals surface area contributed by atoms with Crippen LogP contribution in [0.5, 0.6) is 0 Å². The minimum absolute atomic E-state index is 0.0461. The van der Waals surface area contributed by atoms with Gasteiger partial charge in [0.05, 0.1) is 11.7 Å². The standard InChI is InChI=1S/C19H22N4O3/c24-17-3-1-2-16(21-17)19(26)20-13-6-8-14(9-7-13)23-18(25)11-10-15(22-23)12-4-5-12/h1-3,10-14H,4-9H2,(H,20,26)(H,21,24). The van der Waals surface area contributed by atoms with E-state index in [4.69, 9.17) is 0 Å². The maximum absolute atomic E-state index is 12.2. The van der Waals surface area contributed by atoms with Crippen molar-refractivity contribution in [2.24, 2.45) is 0 Å². The van der Waals surface area contributed by atoms with E-state index in [0.29, 0.717) is 5.92 Å². The molecular formula is C19H22N4O3. The molecule has 0 radical (unpaired) electrons.